The molecule has 1 saturated heterocycles. The van der Waals surface area contributed by atoms with Crippen LogP contribution < -0.4 is 5.32 Å². The molecule has 5 heteroatoms. The van der Waals surface area contributed by atoms with Crippen molar-refractivity contribution in [3.8, 4) is 0 Å². The molecule has 0 saturated carbocycles. The molecule has 1 fully saturated rings. The first kappa shape index (κ1) is 19.2. The topological polar surface area (TPSA) is 32.3 Å². The van der Waals surface area contributed by atoms with Crippen molar-refractivity contribution in [2.45, 2.75) is 45.1 Å². The Morgan fingerprint density at radius 1 is 1.38 bits per heavy atom. The minimum atomic E-state index is 0. The third-order valence-corrected chi connectivity index (χ3v) is 5.67. The standard InChI is InChI=1S/C19H26N2OS.ClH/c1-2-12-21(16-10-11-20-13-16)19(22)9-5-6-15-14-23-18-8-4-3-7-17(15)18;/h3-4,7-8,14,16,20H,2,5-6,9-13H2,1H3;1H. The van der Waals surface area contributed by atoms with Crippen LogP contribution in [0.25, 0.3) is 10.1 Å². The highest BCUT2D eigenvalue weighted by atomic mass is 35.5. The van der Waals surface area contributed by atoms with Crippen LogP contribution in [-0.2, 0) is 11.2 Å². The van der Waals surface area contributed by atoms with Crippen LogP contribution in [0.5, 0.6) is 0 Å². The number of thiophene rings is 1. The maximum atomic E-state index is 12.6. The number of nitrogens with zero attached hydrogens (tertiary/aromatic N) is 1. The van der Waals surface area contributed by atoms with Crippen molar-refractivity contribution in [2.24, 2.45) is 0 Å². The van der Waals surface area contributed by atoms with E-state index in [-0.39, 0.29) is 12.4 Å². The largest absolute Gasteiger partial charge is 0.338 e. The summed E-state index contributed by atoms with van der Waals surface area (Å²) in [6.07, 6.45) is 4.75. The van der Waals surface area contributed by atoms with E-state index in [9.17, 15) is 4.79 Å². The molecule has 3 nitrogen and oxygen atoms in total. The van der Waals surface area contributed by atoms with E-state index in [2.05, 4.69) is 46.8 Å². The van der Waals surface area contributed by atoms with Crippen molar-refractivity contribution in [1.29, 1.82) is 0 Å². The number of nitrogens with one attached hydrogen (secondary N) is 1. The van der Waals surface area contributed by atoms with Gasteiger partial charge in [0.2, 0.25) is 5.91 Å². The summed E-state index contributed by atoms with van der Waals surface area (Å²) in [6.45, 7) is 5.05. The number of rotatable bonds is 7. The fourth-order valence-electron chi connectivity index (χ4n) is 3.46. The molecule has 1 N–H and O–H groups in total. The number of hydrogen-bond donors (Lipinski definition) is 1. The van der Waals surface area contributed by atoms with Crippen molar-refractivity contribution in [3.05, 3.63) is 35.2 Å². The zero-order chi connectivity index (χ0) is 16.1. The maximum Gasteiger partial charge on any atom is 0.222 e. The van der Waals surface area contributed by atoms with E-state index in [0.717, 1.165) is 45.3 Å². The van der Waals surface area contributed by atoms with Crippen LogP contribution in [0, 0.1) is 0 Å². The first-order valence-electron chi connectivity index (χ1n) is 8.75. The lowest BCUT2D eigenvalue weighted by Crippen LogP contribution is -2.42. The summed E-state index contributed by atoms with van der Waals surface area (Å²) < 4.78 is 1.35. The molecule has 0 aliphatic carbocycles. The average molecular weight is 367 g/mol. The second-order valence-corrected chi connectivity index (χ2v) is 7.26. The van der Waals surface area contributed by atoms with Crippen LogP contribution in [0.1, 0.15) is 38.2 Å². The highest BCUT2D eigenvalue weighted by molar-refractivity contribution is 7.17. The van der Waals surface area contributed by atoms with Crippen molar-refractivity contribution in [3.63, 3.8) is 0 Å². The summed E-state index contributed by atoms with van der Waals surface area (Å²) in [7, 11) is 0. The summed E-state index contributed by atoms with van der Waals surface area (Å²) in [5.74, 6) is 0.333. The smallest absolute Gasteiger partial charge is 0.222 e. The minimum absolute atomic E-state index is 0. The van der Waals surface area contributed by atoms with E-state index < -0.39 is 0 Å². The Kier molecular flexibility index (Phi) is 7.53. The molecule has 1 amide bonds. The lowest BCUT2D eigenvalue weighted by molar-refractivity contribution is -0.133. The van der Waals surface area contributed by atoms with Gasteiger partial charge in [-0.1, -0.05) is 25.1 Å². The molecule has 1 unspecified atom stereocenters. The van der Waals surface area contributed by atoms with E-state index >= 15 is 0 Å². The number of benzene rings is 1. The van der Waals surface area contributed by atoms with Gasteiger partial charge in [-0.2, -0.15) is 0 Å². The predicted octanol–water partition coefficient (Wildman–Crippen LogP) is 4.25. The molecule has 3 rings (SSSR count). The van der Waals surface area contributed by atoms with E-state index in [1.54, 1.807) is 11.3 Å². The number of hydrogen-bond acceptors (Lipinski definition) is 3. The fourth-order valence-corrected chi connectivity index (χ4v) is 4.45. The second kappa shape index (κ2) is 9.40. The summed E-state index contributed by atoms with van der Waals surface area (Å²) >= 11 is 1.80. The van der Waals surface area contributed by atoms with Gasteiger partial charge < -0.3 is 10.2 Å². The molecule has 0 radical (unpaired) electrons. The Bertz CT molecular complexity index is 652. The van der Waals surface area contributed by atoms with Gasteiger partial charge in [-0.15, -0.1) is 23.7 Å². The number of amides is 1. The van der Waals surface area contributed by atoms with Gasteiger partial charge in [0.05, 0.1) is 0 Å². The molecule has 1 aliphatic heterocycles. The summed E-state index contributed by atoms with van der Waals surface area (Å²) in [6, 6.07) is 8.95. The number of fused-ring (bicyclic) bond motifs is 1. The second-order valence-electron chi connectivity index (χ2n) is 6.34. The molecule has 0 bridgehead atoms. The zero-order valence-corrected chi connectivity index (χ0v) is 15.9. The van der Waals surface area contributed by atoms with Crippen LogP contribution >= 0.6 is 23.7 Å². The zero-order valence-electron chi connectivity index (χ0n) is 14.3. The molecule has 1 atom stereocenters. The molecule has 2 aromatic rings. The molecule has 132 valence electrons. The molecule has 1 aromatic heterocycles. The van der Waals surface area contributed by atoms with Gasteiger partial charge in [0.25, 0.3) is 0 Å². The van der Waals surface area contributed by atoms with E-state index in [1.807, 2.05) is 0 Å². The van der Waals surface area contributed by atoms with Crippen LogP contribution in [0.3, 0.4) is 0 Å². The number of halogens is 1. The number of aryl methyl sites for hydroxylation is 1. The van der Waals surface area contributed by atoms with Crippen LogP contribution in [-0.4, -0.2) is 36.5 Å². The van der Waals surface area contributed by atoms with Gasteiger partial charge in [-0.3, -0.25) is 4.79 Å². The van der Waals surface area contributed by atoms with Crippen LogP contribution in [0.2, 0.25) is 0 Å². The first-order chi connectivity index (χ1) is 11.3. The summed E-state index contributed by atoms with van der Waals surface area (Å²) in [5.41, 5.74) is 1.39. The van der Waals surface area contributed by atoms with Crippen molar-refractivity contribution in [2.75, 3.05) is 19.6 Å². The van der Waals surface area contributed by atoms with Crippen molar-refractivity contribution in [1.82, 2.24) is 10.2 Å². The highest BCUT2D eigenvalue weighted by Crippen LogP contribution is 2.27. The minimum Gasteiger partial charge on any atom is -0.338 e. The molecule has 0 spiro atoms. The van der Waals surface area contributed by atoms with Gasteiger partial charge in [-0.05, 0) is 54.6 Å². The first-order valence-corrected chi connectivity index (χ1v) is 9.63. The van der Waals surface area contributed by atoms with Gasteiger partial charge in [0.1, 0.15) is 0 Å². The molecule has 1 aromatic carbocycles. The number of carbonyl (C=O) groups is 1. The Labute approximate surface area is 154 Å². The Balaban J connectivity index is 0.00000208. The molecule has 1 aliphatic rings. The van der Waals surface area contributed by atoms with Crippen molar-refractivity contribution >= 4 is 39.7 Å². The third kappa shape index (κ3) is 4.50. The summed E-state index contributed by atoms with van der Waals surface area (Å²) in [4.78, 5) is 14.7. The number of carbonyl (C=O) groups excluding carboxylic acids is 1. The fraction of sp³-hybridized carbons (Fsp3) is 0.526. The Morgan fingerprint density at radius 2 is 2.21 bits per heavy atom. The molecular formula is C19H27ClN2OS. The van der Waals surface area contributed by atoms with E-state index in [4.69, 9.17) is 0 Å². The SMILES string of the molecule is CCCN(C(=O)CCCc1csc2ccccc12)C1CCNC1.Cl. The quantitative estimate of drug-likeness (QED) is 0.794. The lowest BCUT2D eigenvalue weighted by Gasteiger charge is -2.28. The Morgan fingerprint density at radius 3 is 2.96 bits per heavy atom. The predicted molar refractivity (Wildman–Crippen MR) is 105 cm³/mol. The molecule has 24 heavy (non-hydrogen) atoms. The molecular weight excluding hydrogens is 340 g/mol. The van der Waals surface area contributed by atoms with Gasteiger partial charge in [-0.25, -0.2) is 0 Å². The Hall–Kier alpha value is -1.10. The maximum absolute atomic E-state index is 12.6. The van der Waals surface area contributed by atoms with E-state index in [1.165, 1.54) is 15.6 Å². The summed E-state index contributed by atoms with van der Waals surface area (Å²) in [5, 5.41) is 6.98. The molecule has 2 heterocycles. The lowest BCUT2D eigenvalue weighted by atomic mass is 10.1. The van der Waals surface area contributed by atoms with Crippen LogP contribution in [0.4, 0.5) is 0 Å². The highest BCUT2D eigenvalue weighted by Gasteiger charge is 2.25. The van der Waals surface area contributed by atoms with Crippen LogP contribution in [0.15, 0.2) is 29.6 Å². The normalized spacial score (nSPS) is 17.0. The average Bonchev–Trinajstić information content (AvgIpc) is 3.22. The van der Waals surface area contributed by atoms with Gasteiger partial charge in [0, 0.05) is 30.3 Å². The monoisotopic (exact) mass is 366 g/mol. The van der Waals surface area contributed by atoms with Crippen molar-refractivity contribution < 1.29 is 4.79 Å². The van der Waals surface area contributed by atoms with Gasteiger partial charge >= 0.3 is 0 Å². The van der Waals surface area contributed by atoms with Gasteiger partial charge in [0.15, 0.2) is 0 Å². The third-order valence-electron chi connectivity index (χ3n) is 4.66. The van der Waals surface area contributed by atoms with E-state index in [0.29, 0.717) is 18.4 Å².